The molecule has 0 saturated heterocycles. The quantitative estimate of drug-likeness (QED) is 0.229. The van der Waals surface area contributed by atoms with Crippen molar-refractivity contribution in [1.29, 1.82) is 0 Å². The van der Waals surface area contributed by atoms with Crippen molar-refractivity contribution < 1.29 is 5.11 Å². The zero-order valence-corrected chi connectivity index (χ0v) is 16.8. The predicted octanol–water partition coefficient (Wildman–Crippen LogP) is 3.52. The highest BCUT2D eigenvalue weighted by Crippen LogP contribution is 2.14. The van der Waals surface area contributed by atoms with Gasteiger partial charge in [0.25, 0.3) is 0 Å². The van der Waals surface area contributed by atoms with Gasteiger partial charge >= 0.3 is 0 Å². The van der Waals surface area contributed by atoms with Crippen LogP contribution in [0.3, 0.4) is 0 Å². The largest absolute Gasteiger partial charge is 0.396 e. The summed E-state index contributed by atoms with van der Waals surface area (Å²) in [6, 6.07) is 10.1. The molecule has 0 aliphatic rings. The number of guanidine groups is 1. The lowest BCUT2D eigenvalue weighted by Crippen LogP contribution is -2.38. The van der Waals surface area contributed by atoms with Gasteiger partial charge in [-0.2, -0.15) is 0 Å². The summed E-state index contributed by atoms with van der Waals surface area (Å²) < 4.78 is 0. The van der Waals surface area contributed by atoms with Crippen molar-refractivity contribution in [1.82, 2.24) is 10.6 Å². The van der Waals surface area contributed by atoms with E-state index in [1.54, 1.807) is 0 Å². The summed E-state index contributed by atoms with van der Waals surface area (Å²) in [6.45, 7) is 6.78. The Morgan fingerprint density at radius 1 is 1.09 bits per heavy atom. The van der Waals surface area contributed by atoms with Crippen molar-refractivity contribution in [3.8, 4) is 0 Å². The first-order valence-electron chi connectivity index (χ1n) is 8.49. The molecular formula is C18H32IN3O. The fourth-order valence-corrected chi connectivity index (χ4v) is 2.30. The lowest BCUT2D eigenvalue weighted by molar-refractivity contribution is 0.268. The number of nitrogens with zero attached hydrogens (tertiary/aromatic N) is 1. The number of hydrogen-bond acceptors (Lipinski definition) is 2. The first-order valence-corrected chi connectivity index (χ1v) is 8.49. The zero-order valence-electron chi connectivity index (χ0n) is 14.4. The molecule has 23 heavy (non-hydrogen) atoms. The molecule has 1 atom stereocenters. The Labute approximate surface area is 158 Å². The second kappa shape index (κ2) is 14.8. The van der Waals surface area contributed by atoms with Crippen LogP contribution in [0.25, 0.3) is 0 Å². The topological polar surface area (TPSA) is 56.7 Å². The minimum absolute atomic E-state index is 0. The second-order valence-electron chi connectivity index (χ2n) is 5.50. The number of nitrogens with one attached hydrogen (secondary N) is 2. The average molecular weight is 433 g/mol. The molecular weight excluding hydrogens is 401 g/mol. The standard InChI is InChI=1S/C18H31N3O.HI/c1-3-5-6-10-13-20-18(19-4-2)21-14-17(15-22)16-11-8-7-9-12-16;/h7-9,11-12,17,22H,3-6,10,13-15H2,1-2H3,(H2,19,20,21);1H. The molecule has 0 amide bonds. The van der Waals surface area contributed by atoms with Gasteiger partial charge in [-0.3, -0.25) is 4.99 Å². The molecule has 1 rings (SSSR count). The van der Waals surface area contributed by atoms with E-state index in [1.165, 1.54) is 25.7 Å². The van der Waals surface area contributed by atoms with E-state index >= 15 is 0 Å². The van der Waals surface area contributed by atoms with E-state index in [2.05, 4.69) is 29.5 Å². The summed E-state index contributed by atoms with van der Waals surface area (Å²) in [4.78, 5) is 4.61. The van der Waals surface area contributed by atoms with Gasteiger partial charge in [-0.25, -0.2) is 0 Å². The van der Waals surface area contributed by atoms with E-state index < -0.39 is 0 Å². The number of unbranched alkanes of at least 4 members (excludes halogenated alkanes) is 3. The van der Waals surface area contributed by atoms with Crippen LogP contribution in [0.1, 0.15) is 51.0 Å². The third-order valence-electron chi connectivity index (χ3n) is 3.63. The zero-order chi connectivity index (χ0) is 16.0. The molecule has 0 heterocycles. The third-order valence-corrected chi connectivity index (χ3v) is 3.63. The number of benzene rings is 1. The Morgan fingerprint density at radius 2 is 1.83 bits per heavy atom. The molecule has 0 saturated carbocycles. The van der Waals surface area contributed by atoms with Crippen molar-refractivity contribution in [2.24, 2.45) is 4.99 Å². The fourth-order valence-electron chi connectivity index (χ4n) is 2.30. The average Bonchev–Trinajstić information content (AvgIpc) is 2.56. The van der Waals surface area contributed by atoms with Gasteiger partial charge in [0.1, 0.15) is 0 Å². The highest BCUT2D eigenvalue weighted by Gasteiger charge is 2.09. The molecule has 4 nitrogen and oxygen atoms in total. The van der Waals surface area contributed by atoms with Crippen molar-refractivity contribution in [2.45, 2.75) is 45.4 Å². The molecule has 0 fully saturated rings. The second-order valence-corrected chi connectivity index (χ2v) is 5.50. The van der Waals surface area contributed by atoms with Crippen LogP contribution in [0.5, 0.6) is 0 Å². The molecule has 0 radical (unpaired) electrons. The van der Waals surface area contributed by atoms with Gasteiger partial charge in [0, 0.05) is 19.0 Å². The van der Waals surface area contributed by atoms with Crippen LogP contribution < -0.4 is 10.6 Å². The van der Waals surface area contributed by atoms with Crippen LogP contribution >= 0.6 is 24.0 Å². The van der Waals surface area contributed by atoms with Crippen LogP contribution in [0.2, 0.25) is 0 Å². The molecule has 0 aromatic heterocycles. The van der Waals surface area contributed by atoms with Crippen LogP contribution in [-0.2, 0) is 0 Å². The number of aliphatic hydroxyl groups excluding tert-OH is 1. The predicted molar refractivity (Wildman–Crippen MR) is 110 cm³/mol. The summed E-state index contributed by atoms with van der Waals surface area (Å²) in [6.07, 6.45) is 4.96. The summed E-state index contributed by atoms with van der Waals surface area (Å²) in [5, 5.41) is 16.2. The van der Waals surface area contributed by atoms with Gasteiger partial charge < -0.3 is 15.7 Å². The van der Waals surface area contributed by atoms with Crippen molar-refractivity contribution >= 4 is 29.9 Å². The van der Waals surface area contributed by atoms with Gasteiger partial charge in [0.2, 0.25) is 0 Å². The molecule has 3 N–H and O–H groups in total. The monoisotopic (exact) mass is 433 g/mol. The van der Waals surface area contributed by atoms with E-state index in [1.807, 2.05) is 30.3 Å². The summed E-state index contributed by atoms with van der Waals surface area (Å²) in [5.41, 5.74) is 1.13. The first-order chi connectivity index (χ1) is 10.8. The van der Waals surface area contributed by atoms with Gasteiger partial charge in [0.05, 0.1) is 13.2 Å². The van der Waals surface area contributed by atoms with Crippen molar-refractivity contribution in [3.05, 3.63) is 35.9 Å². The minimum atomic E-state index is 0. The van der Waals surface area contributed by atoms with E-state index in [-0.39, 0.29) is 36.5 Å². The Hall–Kier alpha value is -0.820. The maximum Gasteiger partial charge on any atom is 0.191 e. The van der Waals surface area contributed by atoms with Crippen molar-refractivity contribution in [3.63, 3.8) is 0 Å². The van der Waals surface area contributed by atoms with E-state index in [4.69, 9.17) is 0 Å². The lowest BCUT2D eigenvalue weighted by atomic mass is 10.0. The molecule has 132 valence electrons. The van der Waals surface area contributed by atoms with Crippen LogP contribution in [0, 0.1) is 0 Å². The van der Waals surface area contributed by atoms with E-state index in [0.717, 1.165) is 24.6 Å². The van der Waals surface area contributed by atoms with Crippen molar-refractivity contribution in [2.75, 3.05) is 26.2 Å². The Balaban J connectivity index is 0.00000484. The molecule has 5 heteroatoms. The normalized spacial score (nSPS) is 12.4. The van der Waals surface area contributed by atoms with E-state index in [9.17, 15) is 5.11 Å². The first kappa shape index (κ1) is 22.2. The maximum absolute atomic E-state index is 9.59. The molecule has 0 bridgehead atoms. The van der Waals surface area contributed by atoms with Crippen LogP contribution in [0.15, 0.2) is 35.3 Å². The maximum atomic E-state index is 9.59. The fraction of sp³-hybridized carbons (Fsp3) is 0.611. The van der Waals surface area contributed by atoms with Gasteiger partial charge in [-0.05, 0) is 18.9 Å². The molecule has 1 unspecified atom stereocenters. The van der Waals surface area contributed by atoms with Crippen LogP contribution in [0.4, 0.5) is 0 Å². The van der Waals surface area contributed by atoms with Crippen LogP contribution in [-0.4, -0.2) is 37.3 Å². The molecule has 0 aliphatic carbocycles. The number of halogens is 1. The molecule has 0 aliphatic heterocycles. The number of aliphatic hydroxyl groups is 1. The number of hydrogen-bond donors (Lipinski definition) is 3. The lowest BCUT2D eigenvalue weighted by Gasteiger charge is -2.15. The summed E-state index contributed by atoms with van der Waals surface area (Å²) in [5.74, 6) is 0.894. The molecule has 1 aromatic rings. The Kier molecular flexibility index (Phi) is 14.2. The minimum Gasteiger partial charge on any atom is -0.396 e. The highest BCUT2D eigenvalue weighted by molar-refractivity contribution is 14.0. The third kappa shape index (κ3) is 9.81. The van der Waals surface area contributed by atoms with E-state index in [0.29, 0.717) is 6.54 Å². The summed E-state index contributed by atoms with van der Waals surface area (Å²) in [7, 11) is 0. The van der Waals surface area contributed by atoms with Gasteiger partial charge in [-0.15, -0.1) is 24.0 Å². The Bertz CT molecular complexity index is 412. The number of rotatable bonds is 10. The highest BCUT2D eigenvalue weighted by atomic mass is 127. The van der Waals surface area contributed by atoms with Gasteiger partial charge in [-0.1, -0.05) is 56.5 Å². The van der Waals surface area contributed by atoms with Gasteiger partial charge in [0.15, 0.2) is 5.96 Å². The molecule has 0 spiro atoms. The SMILES string of the molecule is CCCCCCNC(=NCC(CO)c1ccccc1)NCC.I. The molecule has 1 aromatic carbocycles. The smallest absolute Gasteiger partial charge is 0.191 e. The number of aliphatic imine (C=N–C) groups is 1. The summed E-state index contributed by atoms with van der Waals surface area (Å²) >= 11 is 0. The Morgan fingerprint density at radius 3 is 2.43 bits per heavy atom.